The molecule has 0 bridgehead atoms. The summed E-state index contributed by atoms with van der Waals surface area (Å²) in [4.78, 5) is 24.7. The third-order valence-electron chi connectivity index (χ3n) is 2.62. The van der Waals surface area contributed by atoms with Crippen LogP contribution in [0.5, 0.6) is 0 Å². The Kier molecular flexibility index (Phi) is 4.94. The van der Waals surface area contributed by atoms with Crippen LogP contribution in [0.15, 0.2) is 23.9 Å². The van der Waals surface area contributed by atoms with Gasteiger partial charge in [0.1, 0.15) is 0 Å². The predicted molar refractivity (Wildman–Crippen MR) is 65.3 cm³/mol. The Morgan fingerprint density at radius 2 is 2.29 bits per heavy atom. The maximum atomic E-state index is 11.8. The van der Waals surface area contributed by atoms with E-state index >= 15 is 0 Å². The first kappa shape index (κ1) is 13.5. The molecule has 1 aliphatic heterocycles. The Labute approximate surface area is 102 Å². The van der Waals surface area contributed by atoms with Gasteiger partial charge in [-0.05, 0) is 31.9 Å². The summed E-state index contributed by atoms with van der Waals surface area (Å²) in [5.41, 5.74) is 0.840. The monoisotopic (exact) mass is 237 g/mol. The van der Waals surface area contributed by atoms with Crippen LogP contribution >= 0.6 is 0 Å². The van der Waals surface area contributed by atoms with Gasteiger partial charge in [-0.25, -0.2) is 0 Å². The second-order valence-corrected chi connectivity index (χ2v) is 4.15. The van der Waals surface area contributed by atoms with Crippen LogP contribution < -0.4 is 0 Å². The lowest BCUT2D eigenvalue weighted by Gasteiger charge is -2.27. The number of rotatable bonds is 4. The van der Waals surface area contributed by atoms with Gasteiger partial charge in [0.15, 0.2) is 5.78 Å². The van der Waals surface area contributed by atoms with E-state index in [0.29, 0.717) is 6.61 Å². The molecular weight excluding hydrogens is 218 g/mol. The van der Waals surface area contributed by atoms with E-state index in [1.165, 1.54) is 13.0 Å². The number of carbonyl (C=O) groups is 2. The van der Waals surface area contributed by atoms with Crippen molar-refractivity contribution < 1.29 is 14.3 Å². The molecule has 0 saturated carbocycles. The SMILES string of the molecule is CCOC(=O)[C@H]1CCN(C)C=C1/C=C/C(C)=O. The van der Waals surface area contributed by atoms with E-state index in [9.17, 15) is 9.59 Å². The van der Waals surface area contributed by atoms with Crippen molar-refractivity contribution in [3.63, 3.8) is 0 Å². The predicted octanol–water partition coefficient (Wildman–Crippen LogP) is 1.53. The van der Waals surface area contributed by atoms with Crippen molar-refractivity contribution in [3.05, 3.63) is 23.9 Å². The lowest BCUT2D eigenvalue weighted by molar-refractivity contribution is -0.147. The third-order valence-corrected chi connectivity index (χ3v) is 2.62. The van der Waals surface area contributed by atoms with Crippen LogP contribution in [0, 0.1) is 5.92 Å². The van der Waals surface area contributed by atoms with Crippen LogP contribution in [0.4, 0.5) is 0 Å². The number of ether oxygens (including phenoxy) is 1. The van der Waals surface area contributed by atoms with Gasteiger partial charge in [-0.3, -0.25) is 9.59 Å². The molecule has 1 heterocycles. The number of esters is 1. The summed E-state index contributed by atoms with van der Waals surface area (Å²) in [7, 11) is 1.95. The number of carbonyl (C=O) groups excluding carboxylic acids is 2. The van der Waals surface area contributed by atoms with Crippen molar-refractivity contribution in [2.45, 2.75) is 20.3 Å². The normalized spacial score (nSPS) is 20.3. The van der Waals surface area contributed by atoms with Crippen LogP contribution in [0.3, 0.4) is 0 Å². The number of allylic oxidation sites excluding steroid dienone is 2. The van der Waals surface area contributed by atoms with Crippen molar-refractivity contribution in [3.8, 4) is 0 Å². The zero-order chi connectivity index (χ0) is 12.8. The van der Waals surface area contributed by atoms with Crippen molar-refractivity contribution in [2.24, 2.45) is 5.92 Å². The highest BCUT2D eigenvalue weighted by atomic mass is 16.5. The van der Waals surface area contributed by atoms with E-state index < -0.39 is 0 Å². The second-order valence-electron chi connectivity index (χ2n) is 4.15. The molecule has 0 radical (unpaired) electrons. The number of hydrogen-bond acceptors (Lipinski definition) is 4. The van der Waals surface area contributed by atoms with Gasteiger partial charge in [0.05, 0.1) is 12.5 Å². The van der Waals surface area contributed by atoms with E-state index in [2.05, 4.69) is 0 Å². The second kappa shape index (κ2) is 6.23. The van der Waals surface area contributed by atoms with E-state index in [-0.39, 0.29) is 17.7 Å². The summed E-state index contributed by atoms with van der Waals surface area (Å²) in [5, 5.41) is 0. The Bertz CT molecular complexity index is 358. The average Bonchev–Trinajstić information content (AvgIpc) is 2.26. The lowest BCUT2D eigenvalue weighted by atomic mass is 9.92. The van der Waals surface area contributed by atoms with Crippen molar-refractivity contribution in [1.29, 1.82) is 0 Å². The Morgan fingerprint density at radius 1 is 1.59 bits per heavy atom. The molecule has 17 heavy (non-hydrogen) atoms. The Morgan fingerprint density at radius 3 is 2.88 bits per heavy atom. The van der Waals surface area contributed by atoms with Crippen LogP contribution in [0.25, 0.3) is 0 Å². The quantitative estimate of drug-likeness (QED) is 0.549. The summed E-state index contributed by atoms with van der Waals surface area (Å²) in [6.45, 7) is 4.49. The van der Waals surface area contributed by atoms with E-state index in [0.717, 1.165) is 18.5 Å². The molecule has 1 atom stereocenters. The lowest BCUT2D eigenvalue weighted by Crippen LogP contribution is -2.29. The van der Waals surface area contributed by atoms with Gasteiger partial charge in [0.2, 0.25) is 0 Å². The molecule has 0 aromatic carbocycles. The summed E-state index contributed by atoms with van der Waals surface area (Å²) in [6, 6.07) is 0. The maximum absolute atomic E-state index is 11.8. The first-order chi connectivity index (χ1) is 8.04. The molecule has 4 heteroatoms. The van der Waals surface area contributed by atoms with Crippen LogP contribution in [-0.2, 0) is 14.3 Å². The molecular formula is C13H19NO3. The highest BCUT2D eigenvalue weighted by Crippen LogP contribution is 2.23. The first-order valence-corrected chi connectivity index (χ1v) is 5.81. The Balaban J connectivity index is 2.84. The molecule has 4 nitrogen and oxygen atoms in total. The third kappa shape index (κ3) is 4.06. The molecule has 0 fully saturated rings. The van der Waals surface area contributed by atoms with Crippen molar-refractivity contribution >= 4 is 11.8 Å². The van der Waals surface area contributed by atoms with Gasteiger partial charge in [-0.15, -0.1) is 0 Å². The van der Waals surface area contributed by atoms with Crippen molar-refractivity contribution in [1.82, 2.24) is 4.90 Å². The van der Waals surface area contributed by atoms with Gasteiger partial charge in [-0.1, -0.05) is 6.08 Å². The first-order valence-electron chi connectivity index (χ1n) is 5.81. The smallest absolute Gasteiger partial charge is 0.313 e. The number of hydrogen-bond donors (Lipinski definition) is 0. The molecule has 94 valence electrons. The standard InChI is InChI=1S/C13H19NO3/c1-4-17-13(16)12-7-8-14(3)9-11(12)6-5-10(2)15/h5-6,9,12H,4,7-8H2,1-3H3/b6-5+/t12-/m0/s1. The largest absolute Gasteiger partial charge is 0.466 e. The highest BCUT2D eigenvalue weighted by Gasteiger charge is 2.26. The summed E-state index contributed by atoms with van der Waals surface area (Å²) < 4.78 is 5.04. The van der Waals surface area contributed by atoms with Crippen molar-refractivity contribution in [2.75, 3.05) is 20.2 Å². The minimum Gasteiger partial charge on any atom is -0.466 e. The Hall–Kier alpha value is -1.58. The fraction of sp³-hybridized carbons (Fsp3) is 0.538. The number of nitrogens with zero attached hydrogens (tertiary/aromatic N) is 1. The highest BCUT2D eigenvalue weighted by molar-refractivity contribution is 5.88. The molecule has 0 amide bonds. The summed E-state index contributed by atoms with van der Waals surface area (Å²) in [6.07, 6.45) is 5.81. The minimum absolute atomic E-state index is 0.0262. The average molecular weight is 237 g/mol. The minimum atomic E-state index is -0.248. The van der Waals surface area contributed by atoms with Gasteiger partial charge >= 0.3 is 5.97 Å². The molecule has 0 N–H and O–H groups in total. The van der Waals surface area contributed by atoms with Gasteiger partial charge in [0.25, 0.3) is 0 Å². The van der Waals surface area contributed by atoms with Crippen LogP contribution in [-0.4, -0.2) is 36.9 Å². The van der Waals surface area contributed by atoms with E-state index in [1.54, 1.807) is 13.0 Å². The van der Waals surface area contributed by atoms with Crippen LogP contribution in [0.2, 0.25) is 0 Å². The molecule has 1 aliphatic rings. The molecule has 1 rings (SSSR count). The van der Waals surface area contributed by atoms with Gasteiger partial charge in [0, 0.05) is 19.8 Å². The van der Waals surface area contributed by atoms with Gasteiger partial charge in [-0.2, -0.15) is 0 Å². The summed E-state index contributed by atoms with van der Waals surface area (Å²) >= 11 is 0. The van der Waals surface area contributed by atoms with Crippen LogP contribution in [0.1, 0.15) is 20.3 Å². The molecule has 0 aromatic heterocycles. The summed E-state index contributed by atoms with van der Waals surface area (Å²) in [5.74, 6) is -0.483. The molecule has 0 aromatic rings. The number of ketones is 1. The maximum Gasteiger partial charge on any atom is 0.313 e. The molecule has 0 saturated heterocycles. The van der Waals surface area contributed by atoms with Gasteiger partial charge < -0.3 is 9.64 Å². The zero-order valence-corrected chi connectivity index (χ0v) is 10.6. The topological polar surface area (TPSA) is 46.6 Å². The van der Waals surface area contributed by atoms with E-state index in [4.69, 9.17) is 4.74 Å². The fourth-order valence-electron chi connectivity index (χ4n) is 1.78. The molecule has 0 unspecified atom stereocenters. The fourth-order valence-corrected chi connectivity index (χ4v) is 1.78. The molecule has 0 aliphatic carbocycles. The van der Waals surface area contributed by atoms with E-state index in [1.807, 2.05) is 18.1 Å². The molecule has 0 spiro atoms. The zero-order valence-electron chi connectivity index (χ0n) is 10.6.